The predicted molar refractivity (Wildman–Crippen MR) is 117 cm³/mol. The van der Waals surface area contributed by atoms with Crippen molar-refractivity contribution < 1.29 is 4.79 Å². The molecule has 0 bridgehead atoms. The van der Waals surface area contributed by atoms with Crippen LogP contribution in [0.5, 0.6) is 0 Å². The lowest BCUT2D eigenvalue weighted by molar-refractivity contribution is -0.121. The van der Waals surface area contributed by atoms with Gasteiger partial charge in [-0.3, -0.25) is 4.79 Å². The van der Waals surface area contributed by atoms with Crippen LogP contribution in [0.4, 0.5) is 0 Å². The van der Waals surface area contributed by atoms with Crippen molar-refractivity contribution in [2.45, 2.75) is 17.6 Å². The fraction of sp³-hybridized carbons (Fsp3) is 0.318. The quantitative estimate of drug-likeness (QED) is 0.551. The van der Waals surface area contributed by atoms with Crippen LogP contribution in [-0.4, -0.2) is 52.0 Å². The number of hydrogen-bond donors (Lipinski definition) is 1. The molecule has 0 aliphatic heterocycles. The molecule has 3 rings (SSSR count). The number of thioether (sulfide) groups is 1. The van der Waals surface area contributed by atoms with Gasteiger partial charge in [-0.2, -0.15) is 0 Å². The highest BCUT2D eigenvalue weighted by molar-refractivity contribution is 7.99. The highest BCUT2D eigenvalue weighted by atomic mass is 32.2. The molecule has 0 fully saturated rings. The van der Waals surface area contributed by atoms with Gasteiger partial charge in [0.25, 0.3) is 0 Å². The van der Waals surface area contributed by atoms with Gasteiger partial charge in [-0.25, -0.2) is 0 Å². The topological polar surface area (TPSA) is 63.1 Å². The first kappa shape index (κ1) is 21.1. The van der Waals surface area contributed by atoms with E-state index in [1.54, 1.807) is 11.8 Å². The van der Waals surface area contributed by atoms with Gasteiger partial charge in [-0.15, -0.1) is 10.2 Å². The smallest absolute Gasteiger partial charge is 0.232 e. The molecular weight excluding hydrogens is 382 g/mol. The molecule has 0 saturated heterocycles. The molecule has 0 spiro atoms. The number of nitrogens with zero attached hydrogens (tertiary/aromatic N) is 4. The largest absolute Gasteiger partial charge is 0.348 e. The molecule has 0 radical (unpaired) electrons. The van der Waals surface area contributed by atoms with E-state index in [1.165, 1.54) is 0 Å². The first-order valence-corrected chi connectivity index (χ1v) is 10.6. The van der Waals surface area contributed by atoms with Crippen molar-refractivity contribution in [3.05, 3.63) is 77.6 Å². The molecule has 0 unspecified atom stereocenters. The van der Waals surface area contributed by atoms with Gasteiger partial charge in [0.1, 0.15) is 0 Å². The SMILES string of the molecule is CN(C)CCSc1nnc(CNC(=O)C(c2ccccc2)c2ccccc2)n1C. The molecule has 2 aromatic carbocycles. The van der Waals surface area contributed by atoms with Gasteiger partial charge in [-0.1, -0.05) is 72.4 Å². The van der Waals surface area contributed by atoms with Crippen LogP contribution in [0, 0.1) is 0 Å². The molecule has 6 nitrogen and oxygen atoms in total. The van der Waals surface area contributed by atoms with E-state index in [0.717, 1.165) is 34.4 Å². The Kier molecular flexibility index (Phi) is 7.43. The Balaban J connectivity index is 1.69. The Labute approximate surface area is 176 Å². The number of rotatable bonds is 9. The molecule has 0 atom stereocenters. The monoisotopic (exact) mass is 409 g/mol. The highest BCUT2D eigenvalue weighted by Crippen LogP contribution is 2.25. The van der Waals surface area contributed by atoms with Crippen LogP contribution < -0.4 is 5.32 Å². The maximum absolute atomic E-state index is 13.1. The highest BCUT2D eigenvalue weighted by Gasteiger charge is 2.23. The third-order valence-corrected chi connectivity index (χ3v) is 5.64. The van der Waals surface area contributed by atoms with Gasteiger partial charge < -0.3 is 14.8 Å². The molecule has 29 heavy (non-hydrogen) atoms. The van der Waals surface area contributed by atoms with Crippen molar-refractivity contribution in [3.63, 3.8) is 0 Å². The van der Waals surface area contributed by atoms with Crippen molar-refractivity contribution >= 4 is 17.7 Å². The van der Waals surface area contributed by atoms with Crippen LogP contribution >= 0.6 is 11.8 Å². The molecule has 1 aromatic heterocycles. The molecular formula is C22H27N5OS. The molecule has 1 amide bonds. The van der Waals surface area contributed by atoms with Crippen LogP contribution in [0.3, 0.4) is 0 Å². The number of hydrogen-bond acceptors (Lipinski definition) is 5. The zero-order valence-corrected chi connectivity index (χ0v) is 17.9. The minimum absolute atomic E-state index is 0.0489. The summed E-state index contributed by atoms with van der Waals surface area (Å²) >= 11 is 1.67. The normalized spacial score (nSPS) is 11.2. The maximum Gasteiger partial charge on any atom is 0.232 e. The number of nitrogens with one attached hydrogen (secondary N) is 1. The zero-order valence-electron chi connectivity index (χ0n) is 17.1. The van der Waals surface area contributed by atoms with Crippen LogP contribution in [0.1, 0.15) is 22.9 Å². The van der Waals surface area contributed by atoms with E-state index < -0.39 is 0 Å². The minimum Gasteiger partial charge on any atom is -0.348 e. The third kappa shape index (κ3) is 5.68. The van der Waals surface area contributed by atoms with E-state index in [9.17, 15) is 4.79 Å². The first-order valence-electron chi connectivity index (χ1n) is 9.59. The van der Waals surface area contributed by atoms with Crippen molar-refractivity contribution in [2.75, 3.05) is 26.4 Å². The second kappa shape index (κ2) is 10.2. The van der Waals surface area contributed by atoms with Crippen LogP contribution in [0.25, 0.3) is 0 Å². The summed E-state index contributed by atoms with van der Waals surface area (Å²) < 4.78 is 1.95. The number of carbonyl (C=O) groups excluding carboxylic acids is 1. The lowest BCUT2D eigenvalue weighted by atomic mass is 9.90. The third-order valence-electron chi connectivity index (χ3n) is 4.64. The Bertz CT molecular complexity index is 872. The summed E-state index contributed by atoms with van der Waals surface area (Å²) in [5, 5.41) is 12.4. The van der Waals surface area contributed by atoms with Crippen LogP contribution in [-0.2, 0) is 18.4 Å². The second-order valence-electron chi connectivity index (χ2n) is 7.08. The second-order valence-corrected chi connectivity index (χ2v) is 8.14. The Hall–Kier alpha value is -2.64. The standard InChI is InChI=1S/C22H27N5OS/c1-26(2)14-15-29-22-25-24-19(27(22)3)16-23-21(28)20(17-10-6-4-7-11-17)18-12-8-5-9-13-18/h4-13,20H,14-16H2,1-3H3,(H,23,28). The molecule has 3 aromatic rings. The van der Waals surface area contributed by atoms with E-state index in [-0.39, 0.29) is 11.8 Å². The lowest BCUT2D eigenvalue weighted by Gasteiger charge is -2.17. The van der Waals surface area contributed by atoms with E-state index in [4.69, 9.17) is 0 Å². The molecule has 152 valence electrons. The molecule has 1 heterocycles. The van der Waals surface area contributed by atoms with Gasteiger partial charge >= 0.3 is 0 Å². The summed E-state index contributed by atoms with van der Waals surface area (Å²) in [6.45, 7) is 1.31. The van der Waals surface area contributed by atoms with Crippen molar-refractivity contribution in [2.24, 2.45) is 7.05 Å². The molecule has 0 aliphatic carbocycles. The van der Waals surface area contributed by atoms with Crippen LogP contribution in [0.2, 0.25) is 0 Å². The average Bonchev–Trinajstić information content (AvgIpc) is 3.08. The number of aromatic nitrogens is 3. The average molecular weight is 410 g/mol. The molecule has 1 N–H and O–H groups in total. The zero-order chi connectivity index (χ0) is 20.6. The van der Waals surface area contributed by atoms with Crippen molar-refractivity contribution in [1.29, 1.82) is 0 Å². The maximum atomic E-state index is 13.1. The fourth-order valence-corrected chi connectivity index (χ4v) is 4.04. The molecule has 0 saturated carbocycles. The van der Waals surface area contributed by atoms with Gasteiger partial charge in [0.05, 0.1) is 12.5 Å². The van der Waals surface area contributed by atoms with E-state index in [0.29, 0.717) is 6.54 Å². The number of benzene rings is 2. The van der Waals surface area contributed by atoms with Gasteiger partial charge in [0, 0.05) is 19.3 Å². The summed E-state index contributed by atoms with van der Waals surface area (Å²) in [5.74, 6) is 1.27. The summed E-state index contributed by atoms with van der Waals surface area (Å²) in [5.41, 5.74) is 1.93. The minimum atomic E-state index is -0.362. The van der Waals surface area contributed by atoms with Gasteiger partial charge in [0.2, 0.25) is 5.91 Å². The van der Waals surface area contributed by atoms with Crippen LogP contribution in [0.15, 0.2) is 65.8 Å². The van der Waals surface area contributed by atoms with Crippen molar-refractivity contribution in [1.82, 2.24) is 25.0 Å². The Morgan fingerprint density at radius 3 is 2.17 bits per heavy atom. The number of amides is 1. The van der Waals surface area contributed by atoms with Crippen molar-refractivity contribution in [3.8, 4) is 0 Å². The Morgan fingerprint density at radius 2 is 1.62 bits per heavy atom. The summed E-state index contributed by atoms with van der Waals surface area (Å²) in [7, 11) is 6.04. The van der Waals surface area contributed by atoms with Gasteiger partial charge in [0.15, 0.2) is 11.0 Å². The fourth-order valence-electron chi connectivity index (χ4n) is 3.00. The lowest BCUT2D eigenvalue weighted by Crippen LogP contribution is -2.30. The predicted octanol–water partition coefficient (Wildman–Crippen LogP) is 2.92. The first-order chi connectivity index (χ1) is 14.1. The van der Waals surface area contributed by atoms with Gasteiger partial charge in [-0.05, 0) is 25.2 Å². The summed E-state index contributed by atoms with van der Waals surface area (Å²) in [6.07, 6.45) is 0. The summed E-state index contributed by atoms with van der Waals surface area (Å²) in [4.78, 5) is 15.2. The molecule has 0 aliphatic rings. The van der Waals surface area contributed by atoms with E-state index in [1.807, 2.05) is 86.4 Å². The van der Waals surface area contributed by atoms with E-state index in [2.05, 4.69) is 20.4 Å². The summed E-state index contributed by atoms with van der Waals surface area (Å²) in [6, 6.07) is 19.7. The molecule has 7 heteroatoms. The van der Waals surface area contributed by atoms with E-state index >= 15 is 0 Å². The number of carbonyl (C=O) groups is 1. The Morgan fingerprint density at radius 1 is 1.03 bits per heavy atom.